The highest BCUT2D eigenvalue weighted by molar-refractivity contribution is 6.15. The van der Waals surface area contributed by atoms with Gasteiger partial charge in [0.15, 0.2) is 5.78 Å². The average Bonchev–Trinajstić information content (AvgIpc) is 3.24. The Morgan fingerprint density at radius 3 is 2.69 bits per heavy atom. The topological polar surface area (TPSA) is 42.3 Å². The minimum Gasteiger partial charge on any atom is -0.290 e. The molecule has 1 saturated carbocycles. The molecule has 39 heavy (non-hydrogen) atoms. The predicted octanol–water partition coefficient (Wildman–Crippen LogP) is 9.82. The largest absolute Gasteiger partial charge is 0.290 e. The molecule has 2 aliphatic rings. The average molecular weight is 521 g/mol. The van der Waals surface area contributed by atoms with E-state index in [4.69, 9.17) is 4.99 Å². The lowest BCUT2D eigenvalue weighted by Gasteiger charge is -2.15. The number of aliphatic imine (C=N–C) groups is 1. The van der Waals surface area contributed by atoms with Crippen LogP contribution in [0.1, 0.15) is 95.9 Å². The van der Waals surface area contributed by atoms with Gasteiger partial charge in [-0.1, -0.05) is 74.1 Å². The third kappa shape index (κ3) is 8.45. The first-order valence-electron chi connectivity index (χ1n) is 14.3. The second-order valence-electron chi connectivity index (χ2n) is 10.7. The molecule has 0 N–H and O–H groups in total. The van der Waals surface area contributed by atoms with Crippen molar-refractivity contribution in [3.05, 3.63) is 108 Å². The summed E-state index contributed by atoms with van der Waals surface area (Å²) in [7, 11) is 0. The fourth-order valence-electron chi connectivity index (χ4n) is 5.13. The fraction of sp³-hybridized carbons (Fsp3) is 0.361. The van der Waals surface area contributed by atoms with Gasteiger partial charge >= 0.3 is 0 Å². The van der Waals surface area contributed by atoms with Crippen molar-refractivity contribution < 1.29 is 4.79 Å². The van der Waals surface area contributed by atoms with Gasteiger partial charge in [-0.15, -0.1) is 0 Å². The highest BCUT2D eigenvalue weighted by Gasteiger charge is 2.19. The van der Waals surface area contributed by atoms with Gasteiger partial charge in [0, 0.05) is 30.0 Å². The number of carbonyl (C=O) groups excluding carboxylic acids is 1. The number of unbranched alkanes of at least 4 members (excludes halogenated alkanes) is 1. The Morgan fingerprint density at radius 1 is 1.21 bits per heavy atom. The monoisotopic (exact) mass is 520 g/mol. The van der Waals surface area contributed by atoms with E-state index in [0.717, 1.165) is 28.0 Å². The number of ketones is 1. The maximum Gasteiger partial charge on any atom is 0.183 e. The van der Waals surface area contributed by atoms with E-state index in [9.17, 15) is 4.79 Å². The smallest absolute Gasteiger partial charge is 0.183 e. The zero-order valence-electron chi connectivity index (χ0n) is 24.4. The summed E-state index contributed by atoms with van der Waals surface area (Å²) in [5, 5.41) is 0. The molecule has 0 amide bonds. The molecule has 1 unspecified atom stereocenters. The zero-order chi connectivity index (χ0) is 28.4. The molecule has 0 bridgehead atoms. The summed E-state index contributed by atoms with van der Waals surface area (Å²) in [6, 6.07) is 1.97. The molecule has 2 heterocycles. The molecule has 0 aromatic carbocycles. The second-order valence-corrected chi connectivity index (χ2v) is 10.7. The van der Waals surface area contributed by atoms with Crippen LogP contribution in [0.25, 0.3) is 17.3 Å². The standard InChI is InChI=1S/C36H44N2O/c1-8-11-13-28-14-12-15-30(17-16-28)29(10-3)18-19-32-21-27(7)36(39)23-35(38-32)34-22-33(25(4)5)31(24-37-34)20-26(6)9-2/h9-10,13,18-20,22-24,30H,2,4,7-8,11-12,14-17,21H2,1,3,5-6H3/b19-18-,26-20-,28-13-,29-10+. The lowest BCUT2D eigenvalue weighted by atomic mass is 9.90. The van der Waals surface area contributed by atoms with Gasteiger partial charge in [0.2, 0.25) is 0 Å². The summed E-state index contributed by atoms with van der Waals surface area (Å²) < 4.78 is 0. The molecule has 204 valence electrons. The molecule has 1 atom stereocenters. The molecule has 3 rings (SSSR count). The van der Waals surface area contributed by atoms with Gasteiger partial charge in [0.25, 0.3) is 0 Å². The van der Waals surface area contributed by atoms with Crippen LogP contribution in [-0.2, 0) is 4.79 Å². The normalized spacial score (nSPS) is 20.5. The summed E-state index contributed by atoms with van der Waals surface area (Å²) in [5.41, 5.74) is 9.43. The minimum absolute atomic E-state index is 0.108. The Hall–Kier alpha value is -3.59. The third-order valence-electron chi connectivity index (χ3n) is 7.50. The van der Waals surface area contributed by atoms with E-state index in [0.29, 0.717) is 29.3 Å². The first-order valence-corrected chi connectivity index (χ1v) is 14.3. The van der Waals surface area contributed by atoms with E-state index >= 15 is 0 Å². The van der Waals surface area contributed by atoms with Gasteiger partial charge < -0.3 is 0 Å². The number of hydrogen-bond acceptors (Lipinski definition) is 3. The van der Waals surface area contributed by atoms with E-state index in [2.05, 4.69) is 62.9 Å². The molecular formula is C36H44N2O. The molecule has 3 heteroatoms. The maximum absolute atomic E-state index is 12.8. The van der Waals surface area contributed by atoms with Gasteiger partial charge in [-0.3, -0.25) is 14.8 Å². The Labute approximate surface area is 235 Å². The number of aromatic nitrogens is 1. The van der Waals surface area contributed by atoms with Crippen molar-refractivity contribution in [2.24, 2.45) is 10.9 Å². The molecule has 3 nitrogen and oxygen atoms in total. The minimum atomic E-state index is -0.108. The Balaban J connectivity index is 1.90. The van der Waals surface area contributed by atoms with Crippen molar-refractivity contribution in [3.8, 4) is 0 Å². The van der Waals surface area contributed by atoms with E-state index < -0.39 is 0 Å². The predicted molar refractivity (Wildman–Crippen MR) is 169 cm³/mol. The number of allylic oxidation sites excluding steroid dienone is 11. The van der Waals surface area contributed by atoms with Crippen LogP contribution in [0.15, 0.2) is 95.7 Å². The summed E-state index contributed by atoms with van der Waals surface area (Å²) in [6.45, 7) is 20.4. The van der Waals surface area contributed by atoms with Gasteiger partial charge in [0.05, 0.1) is 11.4 Å². The summed E-state index contributed by atoms with van der Waals surface area (Å²) in [6.07, 6.45) is 25.0. The van der Waals surface area contributed by atoms with Crippen molar-refractivity contribution >= 4 is 28.8 Å². The van der Waals surface area contributed by atoms with Crippen molar-refractivity contribution in [1.29, 1.82) is 0 Å². The third-order valence-corrected chi connectivity index (χ3v) is 7.50. The highest BCUT2D eigenvalue weighted by Crippen LogP contribution is 2.33. The molecule has 0 spiro atoms. The van der Waals surface area contributed by atoms with Crippen LogP contribution in [0.5, 0.6) is 0 Å². The number of pyridine rings is 1. The summed E-state index contributed by atoms with van der Waals surface area (Å²) in [5.74, 6) is 0.438. The second kappa shape index (κ2) is 14.5. The van der Waals surface area contributed by atoms with E-state index in [1.807, 2.05) is 38.3 Å². The van der Waals surface area contributed by atoms with Gasteiger partial charge in [-0.25, -0.2) is 0 Å². The summed E-state index contributed by atoms with van der Waals surface area (Å²) in [4.78, 5) is 22.4. The Kier molecular flexibility index (Phi) is 11.2. The number of carbonyl (C=O) groups is 1. The molecule has 0 radical (unpaired) electrons. The lowest BCUT2D eigenvalue weighted by molar-refractivity contribution is -0.111. The highest BCUT2D eigenvalue weighted by atomic mass is 16.1. The first kappa shape index (κ1) is 30.0. The molecule has 1 aromatic heterocycles. The van der Waals surface area contributed by atoms with Crippen LogP contribution in [0.4, 0.5) is 0 Å². The van der Waals surface area contributed by atoms with Crippen molar-refractivity contribution in [2.75, 3.05) is 0 Å². The molecule has 1 aromatic rings. The SMILES string of the molecule is C=C/C(C)=C\c1cnc(C2=CC(=O)C(=C)CC(/C=C\C(=C/C)C3CCC/C(=C/CCC)CC3)=N2)cc1C(=C)C. The Morgan fingerprint density at radius 2 is 2.00 bits per heavy atom. The molecule has 1 aliphatic heterocycles. The molecule has 1 aliphatic carbocycles. The van der Waals surface area contributed by atoms with Gasteiger partial charge in [-0.2, -0.15) is 0 Å². The van der Waals surface area contributed by atoms with Crippen LogP contribution in [-0.4, -0.2) is 16.5 Å². The number of rotatable bonds is 9. The van der Waals surface area contributed by atoms with E-state index in [1.54, 1.807) is 11.6 Å². The van der Waals surface area contributed by atoms with Crippen LogP contribution < -0.4 is 0 Å². The molecular weight excluding hydrogens is 476 g/mol. The van der Waals surface area contributed by atoms with Crippen molar-refractivity contribution in [2.45, 2.75) is 79.1 Å². The van der Waals surface area contributed by atoms with Crippen LogP contribution in [0.3, 0.4) is 0 Å². The maximum atomic E-state index is 12.8. The van der Waals surface area contributed by atoms with Crippen LogP contribution in [0, 0.1) is 5.92 Å². The fourth-order valence-corrected chi connectivity index (χ4v) is 5.13. The zero-order valence-corrected chi connectivity index (χ0v) is 24.4. The Bertz CT molecular complexity index is 1310. The van der Waals surface area contributed by atoms with Gasteiger partial charge in [-0.05, 0) is 100 Å². The van der Waals surface area contributed by atoms with E-state index in [1.165, 1.54) is 50.5 Å². The first-order chi connectivity index (χ1) is 18.7. The quantitative estimate of drug-likeness (QED) is 0.141. The lowest BCUT2D eigenvalue weighted by Crippen LogP contribution is -2.03. The molecule has 0 saturated heterocycles. The van der Waals surface area contributed by atoms with Crippen molar-refractivity contribution in [3.63, 3.8) is 0 Å². The van der Waals surface area contributed by atoms with Crippen LogP contribution in [0.2, 0.25) is 0 Å². The van der Waals surface area contributed by atoms with Gasteiger partial charge in [0.1, 0.15) is 0 Å². The number of nitrogens with zero attached hydrogens (tertiary/aromatic N) is 2. The van der Waals surface area contributed by atoms with Crippen LogP contribution >= 0.6 is 0 Å². The number of hydrogen-bond donors (Lipinski definition) is 0. The van der Waals surface area contributed by atoms with E-state index in [-0.39, 0.29) is 5.78 Å². The van der Waals surface area contributed by atoms with Crippen molar-refractivity contribution in [1.82, 2.24) is 4.98 Å². The molecule has 1 fully saturated rings. The summed E-state index contributed by atoms with van der Waals surface area (Å²) >= 11 is 0.